The number of benzene rings is 1. The first-order valence-electron chi connectivity index (χ1n) is 10.4. The lowest BCUT2D eigenvalue weighted by Crippen LogP contribution is -2.41. The summed E-state index contributed by atoms with van der Waals surface area (Å²) in [7, 11) is 0. The lowest BCUT2D eigenvalue weighted by atomic mass is 9.79. The van der Waals surface area contributed by atoms with Crippen molar-refractivity contribution in [3.63, 3.8) is 0 Å². The summed E-state index contributed by atoms with van der Waals surface area (Å²) in [6, 6.07) is 12.8. The SMILES string of the molecule is Cc1cc(N2CCOCC2)nc(NC(=S)NCC2(c3ccccc3)CCCC2)n1. The Bertz CT molecular complexity index is 832. The summed E-state index contributed by atoms with van der Waals surface area (Å²) < 4.78 is 5.44. The first-order chi connectivity index (χ1) is 14.1. The van der Waals surface area contributed by atoms with Crippen molar-refractivity contribution in [3.05, 3.63) is 47.7 Å². The van der Waals surface area contributed by atoms with Crippen LogP contribution in [0.4, 0.5) is 11.8 Å². The van der Waals surface area contributed by atoms with Crippen LogP contribution in [0.2, 0.25) is 0 Å². The monoisotopic (exact) mass is 411 g/mol. The minimum absolute atomic E-state index is 0.152. The van der Waals surface area contributed by atoms with Crippen LogP contribution in [0.1, 0.15) is 36.9 Å². The summed E-state index contributed by atoms with van der Waals surface area (Å²) in [5.41, 5.74) is 2.47. The van der Waals surface area contributed by atoms with Crippen LogP contribution in [0.15, 0.2) is 36.4 Å². The first-order valence-corrected chi connectivity index (χ1v) is 10.8. The van der Waals surface area contributed by atoms with Gasteiger partial charge in [0.1, 0.15) is 5.82 Å². The average molecular weight is 412 g/mol. The van der Waals surface area contributed by atoms with Gasteiger partial charge in [-0.25, -0.2) is 4.98 Å². The van der Waals surface area contributed by atoms with Gasteiger partial charge in [-0.3, -0.25) is 0 Å². The Balaban J connectivity index is 1.41. The maximum absolute atomic E-state index is 5.58. The summed E-state index contributed by atoms with van der Waals surface area (Å²) in [5, 5.41) is 7.21. The zero-order chi connectivity index (χ0) is 20.1. The summed E-state index contributed by atoms with van der Waals surface area (Å²) in [4.78, 5) is 11.4. The summed E-state index contributed by atoms with van der Waals surface area (Å²) in [5.74, 6) is 1.46. The molecule has 154 valence electrons. The lowest BCUT2D eigenvalue weighted by Gasteiger charge is -2.30. The Morgan fingerprint density at radius 1 is 1.14 bits per heavy atom. The molecule has 7 heteroatoms. The molecule has 0 amide bonds. The lowest BCUT2D eigenvalue weighted by molar-refractivity contribution is 0.122. The highest BCUT2D eigenvalue weighted by atomic mass is 32.1. The molecule has 0 radical (unpaired) electrons. The Morgan fingerprint density at radius 2 is 1.86 bits per heavy atom. The molecule has 0 spiro atoms. The number of morpholine rings is 1. The van der Waals surface area contributed by atoms with Crippen LogP contribution >= 0.6 is 12.2 Å². The van der Waals surface area contributed by atoms with Crippen LogP contribution in [-0.2, 0) is 10.2 Å². The predicted molar refractivity (Wildman–Crippen MR) is 121 cm³/mol. The molecule has 29 heavy (non-hydrogen) atoms. The second-order valence-corrected chi connectivity index (χ2v) is 8.36. The van der Waals surface area contributed by atoms with E-state index in [0.717, 1.165) is 44.4 Å². The minimum Gasteiger partial charge on any atom is -0.378 e. The third-order valence-corrected chi connectivity index (χ3v) is 6.18. The Hall–Kier alpha value is -2.25. The highest BCUT2D eigenvalue weighted by Gasteiger charge is 2.35. The van der Waals surface area contributed by atoms with Crippen molar-refractivity contribution < 1.29 is 4.74 Å². The van der Waals surface area contributed by atoms with Crippen molar-refractivity contribution in [3.8, 4) is 0 Å². The molecule has 2 fully saturated rings. The number of ether oxygens (including phenoxy) is 1. The van der Waals surface area contributed by atoms with Crippen molar-refractivity contribution in [1.29, 1.82) is 0 Å². The molecule has 1 aliphatic heterocycles. The molecular formula is C22H29N5OS. The standard InChI is InChI=1S/C22H29N5OS/c1-17-15-19(27-11-13-28-14-12-27)25-20(24-17)26-21(29)23-16-22(9-5-6-10-22)18-7-3-2-4-8-18/h2-4,7-8,15H,5-6,9-14,16H2,1H3,(H2,23,24,25,26,29). The van der Waals surface area contributed by atoms with E-state index in [2.05, 4.69) is 55.8 Å². The molecule has 1 saturated carbocycles. The zero-order valence-corrected chi connectivity index (χ0v) is 17.8. The second kappa shape index (κ2) is 9.05. The fraction of sp³-hybridized carbons (Fsp3) is 0.500. The van der Waals surface area contributed by atoms with Crippen LogP contribution in [0.3, 0.4) is 0 Å². The maximum Gasteiger partial charge on any atom is 0.231 e. The van der Waals surface area contributed by atoms with Gasteiger partial charge in [0, 0.05) is 36.8 Å². The average Bonchev–Trinajstić information content (AvgIpc) is 3.23. The molecule has 6 nitrogen and oxygen atoms in total. The van der Waals surface area contributed by atoms with Gasteiger partial charge in [-0.15, -0.1) is 0 Å². The predicted octanol–water partition coefficient (Wildman–Crippen LogP) is 3.42. The van der Waals surface area contributed by atoms with Crippen molar-refractivity contribution in [1.82, 2.24) is 15.3 Å². The Morgan fingerprint density at radius 3 is 2.59 bits per heavy atom. The molecule has 2 aliphatic rings. The summed E-state index contributed by atoms with van der Waals surface area (Å²) in [6.45, 7) is 5.96. The molecule has 1 saturated heterocycles. The fourth-order valence-electron chi connectivity index (χ4n) is 4.37. The van der Waals surface area contributed by atoms with E-state index in [4.69, 9.17) is 17.0 Å². The van der Waals surface area contributed by atoms with E-state index >= 15 is 0 Å². The highest BCUT2D eigenvalue weighted by molar-refractivity contribution is 7.80. The van der Waals surface area contributed by atoms with Crippen molar-refractivity contribution in [2.75, 3.05) is 43.1 Å². The van der Waals surface area contributed by atoms with E-state index in [1.54, 1.807) is 0 Å². The van der Waals surface area contributed by atoms with Crippen LogP contribution in [0, 0.1) is 6.92 Å². The van der Waals surface area contributed by atoms with Gasteiger partial charge in [-0.2, -0.15) is 4.98 Å². The molecule has 1 aromatic heterocycles. The number of aryl methyl sites for hydroxylation is 1. The number of anilines is 2. The van der Waals surface area contributed by atoms with Gasteiger partial charge in [0.25, 0.3) is 0 Å². The minimum atomic E-state index is 0.152. The molecule has 0 unspecified atom stereocenters. The van der Waals surface area contributed by atoms with Crippen LogP contribution in [-0.4, -0.2) is 47.9 Å². The molecule has 1 aliphatic carbocycles. The molecular weight excluding hydrogens is 382 g/mol. The highest BCUT2D eigenvalue weighted by Crippen LogP contribution is 2.40. The number of nitrogens with one attached hydrogen (secondary N) is 2. The van der Waals surface area contributed by atoms with Gasteiger partial charge >= 0.3 is 0 Å². The number of thiocarbonyl (C=S) groups is 1. The van der Waals surface area contributed by atoms with E-state index < -0.39 is 0 Å². The van der Waals surface area contributed by atoms with Crippen molar-refractivity contribution in [2.24, 2.45) is 0 Å². The Labute approximate surface area is 178 Å². The van der Waals surface area contributed by atoms with Crippen LogP contribution in [0.25, 0.3) is 0 Å². The molecule has 2 N–H and O–H groups in total. The molecule has 2 aromatic rings. The van der Waals surface area contributed by atoms with E-state index in [0.29, 0.717) is 11.1 Å². The van der Waals surface area contributed by atoms with Crippen LogP contribution in [0.5, 0.6) is 0 Å². The van der Waals surface area contributed by atoms with Gasteiger partial charge in [0.15, 0.2) is 5.11 Å². The quantitative estimate of drug-likeness (QED) is 0.731. The smallest absolute Gasteiger partial charge is 0.231 e. The fourth-order valence-corrected chi connectivity index (χ4v) is 4.53. The van der Waals surface area contributed by atoms with Gasteiger partial charge in [-0.1, -0.05) is 43.2 Å². The Kier molecular flexibility index (Phi) is 6.25. The van der Waals surface area contributed by atoms with E-state index in [1.165, 1.54) is 31.2 Å². The number of hydrogen-bond donors (Lipinski definition) is 2. The largest absolute Gasteiger partial charge is 0.378 e. The number of rotatable bonds is 5. The van der Waals surface area contributed by atoms with Crippen LogP contribution < -0.4 is 15.5 Å². The number of nitrogens with zero attached hydrogens (tertiary/aromatic N) is 3. The van der Waals surface area contributed by atoms with Gasteiger partial charge in [0.05, 0.1) is 13.2 Å². The normalized spacial score (nSPS) is 18.4. The molecule has 2 heterocycles. The van der Waals surface area contributed by atoms with E-state index in [-0.39, 0.29) is 5.41 Å². The van der Waals surface area contributed by atoms with E-state index in [1.807, 2.05) is 13.0 Å². The van der Waals surface area contributed by atoms with E-state index in [9.17, 15) is 0 Å². The second-order valence-electron chi connectivity index (χ2n) is 7.95. The third-order valence-electron chi connectivity index (χ3n) is 5.94. The van der Waals surface area contributed by atoms with Gasteiger partial charge in [-0.05, 0) is 37.5 Å². The zero-order valence-electron chi connectivity index (χ0n) is 17.0. The third kappa shape index (κ3) is 4.85. The summed E-state index contributed by atoms with van der Waals surface area (Å²) >= 11 is 5.58. The topological polar surface area (TPSA) is 62.3 Å². The summed E-state index contributed by atoms with van der Waals surface area (Å²) in [6.07, 6.45) is 4.91. The maximum atomic E-state index is 5.58. The van der Waals surface area contributed by atoms with Gasteiger partial charge < -0.3 is 20.3 Å². The first kappa shape index (κ1) is 20.0. The number of aromatic nitrogens is 2. The number of hydrogen-bond acceptors (Lipinski definition) is 5. The van der Waals surface area contributed by atoms with Gasteiger partial charge in [0.2, 0.25) is 5.95 Å². The molecule has 0 atom stereocenters. The molecule has 0 bridgehead atoms. The molecule has 4 rings (SSSR count). The van der Waals surface area contributed by atoms with Crippen molar-refractivity contribution >= 4 is 29.1 Å². The molecule has 1 aromatic carbocycles. The van der Waals surface area contributed by atoms with Crippen molar-refractivity contribution in [2.45, 2.75) is 38.0 Å².